The number of nitrogens with zero attached hydrogens (tertiary/aromatic N) is 2. The van der Waals surface area contributed by atoms with Gasteiger partial charge in [-0.2, -0.15) is 4.98 Å². The molecule has 2 heterocycles. The number of sulfone groups is 1. The van der Waals surface area contributed by atoms with Crippen LogP contribution in [0.1, 0.15) is 16.2 Å². The fraction of sp³-hybridized carbons (Fsp3) is 0.333. The number of morpholine rings is 1. The molecule has 0 aliphatic carbocycles. The zero-order valence-corrected chi connectivity index (χ0v) is 13.4. The van der Waals surface area contributed by atoms with Gasteiger partial charge in [0.05, 0.1) is 18.1 Å². The van der Waals surface area contributed by atoms with E-state index in [1.165, 1.54) is 12.1 Å². The summed E-state index contributed by atoms with van der Waals surface area (Å²) in [7, 11) is -3.87. The first-order valence-corrected chi connectivity index (χ1v) is 8.61. The first-order valence-electron chi connectivity index (χ1n) is 7.13. The van der Waals surface area contributed by atoms with E-state index in [1.807, 2.05) is 6.92 Å². The molecule has 0 unspecified atom stereocenters. The van der Waals surface area contributed by atoms with Crippen molar-refractivity contribution in [2.75, 3.05) is 31.2 Å². The molecule has 8 heteroatoms. The van der Waals surface area contributed by atoms with Crippen molar-refractivity contribution in [3.63, 3.8) is 0 Å². The molecule has 1 aromatic carbocycles. The molecule has 1 aromatic heterocycles. The summed E-state index contributed by atoms with van der Waals surface area (Å²) in [6.45, 7) is 3.74. The normalized spacial score (nSPS) is 15.6. The Hall–Kier alpha value is -2.19. The number of carbonyl (C=O) groups is 1. The summed E-state index contributed by atoms with van der Waals surface area (Å²) in [6, 6.07) is 6.45. The second kappa shape index (κ2) is 6.13. The largest absolute Gasteiger partial charge is 0.416 e. The van der Waals surface area contributed by atoms with Crippen LogP contribution in [0.5, 0.6) is 0 Å². The van der Waals surface area contributed by atoms with Crippen molar-refractivity contribution in [2.45, 2.75) is 16.8 Å². The van der Waals surface area contributed by atoms with Crippen molar-refractivity contribution < 1.29 is 22.4 Å². The van der Waals surface area contributed by atoms with E-state index in [0.29, 0.717) is 32.6 Å². The number of hydrogen-bond donors (Lipinski definition) is 0. The summed E-state index contributed by atoms with van der Waals surface area (Å²) in [6.07, 6.45) is 0.401. The Morgan fingerprint density at radius 2 is 1.83 bits per heavy atom. The molecule has 0 saturated carbocycles. The van der Waals surface area contributed by atoms with Gasteiger partial charge in [-0.15, -0.1) is 0 Å². The van der Waals surface area contributed by atoms with Gasteiger partial charge < -0.3 is 14.1 Å². The van der Waals surface area contributed by atoms with Crippen LogP contribution in [0.25, 0.3) is 0 Å². The molecule has 1 aliphatic rings. The van der Waals surface area contributed by atoms with E-state index in [-0.39, 0.29) is 21.7 Å². The molecule has 23 heavy (non-hydrogen) atoms. The maximum Gasteiger partial charge on any atom is 0.263 e. The smallest absolute Gasteiger partial charge is 0.263 e. The molecule has 0 amide bonds. The number of hydrogen-bond acceptors (Lipinski definition) is 7. The summed E-state index contributed by atoms with van der Waals surface area (Å²) < 4.78 is 36.3. The van der Waals surface area contributed by atoms with E-state index >= 15 is 0 Å². The lowest BCUT2D eigenvalue weighted by Crippen LogP contribution is -2.36. The molecule has 3 rings (SSSR count). The zero-order valence-electron chi connectivity index (χ0n) is 12.6. The molecule has 122 valence electrons. The molecule has 1 aliphatic heterocycles. The van der Waals surface area contributed by atoms with E-state index in [1.54, 1.807) is 17.0 Å². The van der Waals surface area contributed by atoms with Crippen molar-refractivity contribution in [3.05, 3.63) is 35.7 Å². The predicted octanol–water partition coefficient (Wildman–Crippen LogP) is 1.46. The molecule has 0 atom stereocenters. The Kier molecular flexibility index (Phi) is 4.18. The first kappa shape index (κ1) is 15.7. The lowest BCUT2D eigenvalue weighted by Gasteiger charge is -2.26. The third-order valence-corrected chi connectivity index (χ3v) is 5.25. The van der Waals surface area contributed by atoms with Gasteiger partial charge in [-0.3, -0.25) is 4.79 Å². The fourth-order valence-electron chi connectivity index (χ4n) is 2.33. The minimum absolute atomic E-state index is 0.0935. The van der Waals surface area contributed by atoms with Gasteiger partial charge in [0.1, 0.15) is 0 Å². The molecular formula is C15H16N2O5S. The topological polar surface area (TPSA) is 89.7 Å². The zero-order chi connectivity index (χ0) is 16.4. The molecule has 7 nitrogen and oxygen atoms in total. The van der Waals surface area contributed by atoms with Gasteiger partial charge in [0.2, 0.25) is 27.0 Å². The van der Waals surface area contributed by atoms with Crippen LogP contribution in [0, 0.1) is 6.92 Å². The molecule has 0 radical (unpaired) electrons. The Morgan fingerprint density at radius 1 is 1.17 bits per heavy atom. The summed E-state index contributed by atoms with van der Waals surface area (Å²) in [5, 5.41) is -0.231. The van der Waals surface area contributed by atoms with Crippen LogP contribution >= 0.6 is 0 Å². The number of aldehydes is 1. The lowest BCUT2D eigenvalue weighted by molar-refractivity contribution is 0.109. The number of rotatable bonds is 4. The third-order valence-electron chi connectivity index (χ3n) is 3.58. The Morgan fingerprint density at radius 3 is 2.43 bits per heavy atom. The summed E-state index contributed by atoms with van der Waals surface area (Å²) in [4.78, 5) is 16.7. The summed E-state index contributed by atoms with van der Waals surface area (Å²) >= 11 is 0. The standard InChI is InChI=1S/C15H16N2O5S/c1-11-2-4-12(5-3-11)23(19,20)14-15(22-13(10-18)16-14)17-6-8-21-9-7-17/h2-5,10H,6-9H2,1H3. The van der Waals surface area contributed by atoms with Crippen LogP contribution in [-0.2, 0) is 14.6 Å². The van der Waals surface area contributed by atoms with Gasteiger partial charge in [0.25, 0.3) is 5.89 Å². The third kappa shape index (κ3) is 2.99. The molecule has 1 saturated heterocycles. The average Bonchev–Trinajstić information content (AvgIpc) is 3.01. The highest BCUT2D eigenvalue weighted by Crippen LogP contribution is 2.31. The van der Waals surface area contributed by atoms with Gasteiger partial charge in [0.15, 0.2) is 0 Å². The van der Waals surface area contributed by atoms with Gasteiger partial charge in [-0.25, -0.2) is 8.42 Å². The van der Waals surface area contributed by atoms with Crippen LogP contribution in [0.4, 0.5) is 5.88 Å². The molecule has 0 N–H and O–H groups in total. The number of aromatic nitrogens is 1. The highest BCUT2D eigenvalue weighted by atomic mass is 32.2. The van der Waals surface area contributed by atoms with Gasteiger partial charge in [-0.1, -0.05) is 17.7 Å². The number of benzene rings is 1. The van der Waals surface area contributed by atoms with E-state index < -0.39 is 9.84 Å². The minimum Gasteiger partial charge on any atom is -0.416 e. The quantitative estimate of drug-likeness (QED) is 0.781. The number of ether oxygens (including phenoxy) is 1. The van der Waals surface area contributed by atoms with Crippen molar-refractivity contribution in [1.29, 1.82) is 0 Å². The number of aryl methyl sites for hydroxylation is 1. The highest BCUT2D eigenvalue weighted by Gasteiger charge is 2.31. The second-order valence-electron chi connectivity index (χ2n) is 5.20. The Balaban J connectivity index is 2.08. The highest BCUT2D eigenvalue weighted by molar-refractivity contribution is 7.91. The molecule has 0 spiro atoms. The van der Waals surface area contributed by atoms with Crippen molar-refractivity contribution in [3.8, 4) is 0 Å². The lowest BCUT2D eigenvalue weighted by atomic mass is 10.2. The number of oxazole rings is 1. The van der Waals surface area contributed by atoms with Gasteiger partial charge in [0, 0.05) is 13.1 Å². The molecular weight excluding hydrogens is 320 g/mol. The first-order chi connectivity index (χ1) is 11.0. The van der Waals surface area contributed by atoms with Gasteiger partial charge in [-0.05, 0) is 19.1 Å². The monoisotopic (exact) mass is 336 g/mol. The van der Waals surface area contributed by atoms with Crippen molar-refractivity contribution >= 4 is 22.0 Å². The average molecular weight is 336 g/mol. The van der Waals surface area contributed by atoms with Gasteiger partial charge >= 0.3 is 0 Å². The maximum absolute atomic E-state index is 12.8. The van der Waals surface area contributed by atoms with Crippen molar-refractivity contribution in [1.82, 2.24) is 4.98 Å². The molecule has 0 bridgehead atoms. The summed E-state index contributed by atoms with van der Waals surface area (Å²) in [5.74, 6) is -0.159. The molecule has 2 aromatic rings. The van der Waals surface area contributed by atoms with Crippen LogP contribution in [0.15, 0.2) is 38.6 Å². The van der Waals surface area contributed by atoms with Crippen molar-refractivity contribution in [2.24, 2.45) is 0 Å². The number of carbonyl (C=O) groups excluding carboxylic acids is 1. The van der Waals surface area contributed by atoms with E-state index in [9.17, 15) is 13.2 Å². The van der Waals surface area contributed by atoms with E-state index in [4.69, 9.17) is 9.15 Å². The molecule has 1 fully saturated rings. The fourth-order valence-corrected chi connectivity index (χ4v) is 3.66. The maximum atomic E-state index is 12.8. The van der Waals surface area contributed by atoms with Crippen LogP contribution in [0.2, 0.25) is 0 Å². The van der Waals surface area contributed by atoms with Crippen LogP contribution in [-0.4, -0.2) is 46.0 Å². The van der Waals surface area contributed by atoms with E-state index in [2.05, 4.69) is 4.98 Å². The van der Waals surface area contributed by atoms with Crippen LogP contribution < -0.4 is 4.90 Å². The minimum atomic E-state index is -3.87. The second-order valence-corrected chi connectivity index (χ2v) is 7.06. The van der Waals surface area contributed by atoms with E-state index in [0.717, 1.165) is 5.56 Å². The SMILES string of the molecule is Cc1ccc(S(=O)(=O)c2nc(C=O)oc2N2CCOCC2)cc1. The predicted molar refractivity (Wildman–Crippen MR) is 81.6 cm³/mol. The Labute approximate surface area is 133 Å². The summed E-state index contributed by atoms with van der Waals surface area (Å²) in [5.41, 5.74) is 0.950. The number of anilines is 1. The van der Waals surface area contributed by atoms with Crippen LogP contribution in [0.3, 0.4) is 0 Å². The Bertz CT molecular complexity index is 805.